The highest BCUT2D eigenvalue weighted by Gasteiger charge is 2.18. The number of carboxylic acid groups (broad SMARTS) is 1. The van der Waals surface area contributed by atoms with Crippen molar-refractivity contribution in [3.8, 4) is 0 Å². The van der Waals surface area contributed by atoms with E-state index in [1.807, 2.05) is 18.2 Å². The summed E-state index contributed by atoms with van der Waals surface area (Å²) < 4.78 is 0.674. The van der Waals surface area contributed by atoms with E-state index in [-0.39, 0.29) is 5.56 Å². The number of aromatic nitrogens is 2. The summed E-state index contributed by atoms with van der Waals surface area (Å²) in [6.45, 7) is 1.07. The summed E-state index contributed by atoms with van der Waals surface area (Å²) in [5.41, 5.74) is 9.63. The molecule has 0 aliphatic carbocycles. The van der Waals surface area contributed by atoms with Crippen LogP contribution in [0, 0.1) is 0 Å². The van der Waals surface area contributed by atoms with Gasteiger partial charge >= 0.3 is 5.97 Å². The second-order valence-corrected chi connectivity index (χ2v) is 7.34. The molecule has 140 valence electrons. The lowest BCUT2D eigenvalue weighted by Gasteiger charge is -2.20. The molecule has 0 fully saturated rings. The van der Waals surface area contributed by atoms with Gasteiger partial charge in [0.15, 0.2) is 0 Å². The van der Waals surface area contributed by atoms with E-state index in [1.165, 1.54) is 36.9 Å². The largest absolute Gasteiger partial charge is 0.478 e. The molecule has 0 spiro atoms. The lowest BCUT2D eigenvalue weighted by molar-refractivity contribution is 0.0696. The number of carbonyl (C=O) groups is 1. The van der Waals surface area contributed by atoms with E-state index in [9.17, 15) is 4.79 Å². The van der Waals surface area contributed by atoms with Crippen LogP contribution in [-0.2, 0) is 6.42 Å². The minimum absolute atomic E-state index is 0.189. The number of halogens is 1. The number of anilines is 2. The van der Waals surface area contributed by atoms with Crippen LogP contribution in [0.3, 0.4) is 0 Å². The summed E-state index contributed by atoms with van der Waals surface area (Å²) in [4.78, 5) is 21.0. The molecule has 3 N–H and O–H groups in total. The van der Waals surface area contributed by atoms with Crippen LogP contribution in [0.5, 0.6) is 0 Å². The zero-order valence-electron chi connectivity index (χ0n) is 15.0. The highest BCUT2D eigenvalue weighted by Crippen LogP contribution is 2.33. The number of hydrogen-bond donors (Lipinski definition) is 2. The van der Waals surface area contributed by atoms with E-state index >= 15 is 0 Å². The van der Waals surface area contributed by atoms with Crippen LogP contribution in [0.4, 0.5) is 11.5 Å². The van der Waals surface area contributed by atoms with E-state index in [0.717, 1.165) is 35.4 Å². The van der Waals surface area contributed by atoms with Crippen molar-refractivity contribution < 1.29 is 9.90 Å². The van der Waals surface area contributed by atoms with Crippen molar-refractivity contribution in [3.05, 3.63) is 58.3 Å². The van der Waals surface area contributed by atoms with E-state index in [1.54, 1.807) is 0 Å². The molecule has 1 aliphatic heterocycles. The van der Waals surface area contributed by atoms with Gasteiger partial charge in [0.2, 0.25) is 0 Å². The summed E-state index contributed by atoms with van der Waals surface area (Å²) in [6, 6.07) is 9.62. The number of nitrogens with two attached hydrogens (primary N) is 1. The van der Waals surface area contributed by atoms with Gasteiger partial charge in [-0.3, -0.25) is 4.98 Å². The minimum Gasteiger partial charge on any atom is -0.478 e. The molecule has 0 radical (unpaired) electrons. The number of aromatic carboxylic acids is 1. The van der Waals surface area contributed by atoms with Crippen LogP contribution < -0.4 is 10.6 Å². The highest BCUT2D eigenvalue weighted by atomic mass is 79.9. The second-order valence-electron chi connectivity index (χ2n) is 6.42. The normalized spacial score (nSPS) is 13.3. The fourth-order valence-electron chi connectivity index (χ4n) is 3.11. The SMILES string of the molecule is CN1CCCCc2c1nc1ccccc1c2N.O=C(O)c1cncc(Br)c1. The standard InChI is InChI=1S/C14H17N3.C6H4BrNO2/c1-17-9-5-4-7-11-13(15)10-6-2-3-8-12(10)16-14(11)17;7-5-1-4(6(9)10)2-8-3-5/h2-3,6,8H,4-5,7,9H2,1H3,(H2,15,16);1-3H,(H,9,10). The number of para-hydroxylation sites is 1. The molecule has 3 heterocycles. The Morgan fingerprint density at radius 2 is 2.04 bits per heavy atom. The summed E-state index contributed by atoms with van der Waals surface area (Å²) in [5.74, 6) is 0.104. The van der Waals surface area contributed by atoms with E-state index in [0.29, 0.717) is 4.47 Å². The van der Waals surface area contributed by atoms with Gasteiger partial charge in [0, 0.05) is 47.1 Å². The Morgan fingerprint density at radius 1 is 1.26 bits per heavy atom. The quantitative estimate of drug-likeness (QED) is 0.604. The first-order chi connectivity index (χ1) is 13.0. The fourth-order valence-corrected chi connectivity index (χ4v) is 3.48. The van der Waals surface area contributed by atoms with Gasteiger partial charge in [0.1, 0.15) is 5.82 Å². The molecule has 0 unspecified atom stereocenters. The summed E-state index contributed by atoms with van der Waals surface area (Å²) in [7, 11) is 2.10. The smallest absolute Gasteiger partial charge is 0.337 e. The third-order valence-electron chi connectivity index (χ3n) is 4.50. The van der Waals surface area contributed by atoms with Crippen LogP contribution in [0.15, 0.2) is 47.2 Å². The third kappa shape index (κ3) is 4.36. The number of pyridine rings is 2. The average Bonchev–Trinajstić information content (AvgIpc) is 2.85. The summed E-state index contributed by atoms with van der Waals surface area (Å²) >= 11 is 3.10. The first-order valence-electron chi connectivity index (χ1n) is 8.69. The number of benzene rings is 1. The molecule has 27 heavy (non-hydrogen) atoms. The van der Waals surface area contributed by atoms with Crippen molar-refractivity contribution in [2.45, 2.75) is 19.3 Å². The molecule has 7 heteroatoms. The monoisotopic (exact) mass is 428 g/mol. The van der Waals surface area contributed by atoms with Crippen molar-refractivity contribution >= 4 is 44.3 Å². The van der Waals surface area contributed by atoms with Crippen molar-refractivity contribution in [1.29, 1.82) is 0 Å². The first-order valence-corrected chi connectivity index (χ1v) is 9.48. The molecule has 2 aromatic heterocycles. The topological polar surface area (TPSA) is 92.3 Å². The number of nitrogen functional groups attached to an aromatic ring is 1. The zero-order valence-corrected chi connectivity index (χ0v) is 16.6. The van der Waals surface area contributed by atoms with Gasteiger partial charge in [0.05, 0.1) is 11.1 Å². The highest BCUT2D eigenvalue weighted by molar-refractivity contribution is 9.10. The molecule has 0 saturated heterocycles. The lowest BCUT2D eigenvalue weighted by atomic mass is 10.0. The molecule has 0 bridgehead atoms. The summed E-state index contributed by atoms with van der Waals surface area (Å²) in [5, 5.41) is 9.53. The minimum atomic E-state index is -0.964. The van der Waals surface area contributed by atoms with Gasteiger partial charge in [-0.15, -0.1) is 0 Å². The lowest BCUT2D eigenvalue weighted by Crippen LogP contribution is -2.19. The molecule has 0 amide bonds. The van der Waals surface area contributed by atoms with Gasteiger partial charge in [-0.05, 0) is 47.3 Å². The molecular formula is C20H21BrN4O2. The van der Waals surface area contributed by atoms with E-state index in [2.05, 4.69) is 38.9 Å². The Hall–Kier alpha value is -2.67. The Bertz CT molecular complexity index is 977. The fraction of sp³-hybridized carbons (Fsp3) is 0.250. The molecular weight excluding hydrogens is 408 g/mol. The third-order valence-corrected chi connectivity index (χ3v) is 4.93. The van der Waals surface area contributed by atoms with Crippen LogP contribution in [-0.4, -0.2) is 34.6 Å². The van der Waals surface area contributed by atoms with Crippen molar-refractivity contribution in [3.63, 3.8) is 0 Å². The number of nitrogens with zero attached hydrogens (tertiary/aromatic N) is 3. The number of carboxylic acids is 1. The first kappa shape index (κ1) is 19.1. The van der Waals surface area contributed by atoms with Gasteiger partial charge in [-0.2, -0.15) is 0 Å². The van der Waals surface area contributed by atoms with Crippen LogP contribution in [0.25, 0.3) is 10.9 Å². The Labute approximate surface area is 166 Å². The maximum atomic E-state index is 10.3. The molecule has 4 rings (SSSR count). The van der Waals surface area contributed by atoms with Crippen molar-refractivity contribution in [2.24, 2.45) is 0 Å². The predicted octanol–water partition coefficient (Wildman–Crippen LogP) is 4.13. The van der Waals surface area contributed by atoms with Crippen molar-refractivity contribution in [2.75, 3.05) is 24.2 Å². The predicted molar refractivity (Wildman–Crippen MR) is 111 cm³/mol. The Balaban J connectivity index is 0.000000180. The zero-order chi connectivity index (χ0) is 19.4. The molecule has 3 aromatic rings. The number of rotatable bonds is 1. The Morgan fingerprint density at radius 3 is 2.74 bits per heavy atom. The van der Waals surface area contributed by atoms with E-state index in [4.69, 9.17) is 15.8 Å². The van der Waals surface area contributed by atoms with Crippen LogP contribution >= 0.6 is 15.9 Å². The van der Waals surface area contributed by atoms with E-state index < -0.39 is 5.97 Å². The number of fused-ring (bicyclic) bond motifs is 2. The molecule has 6 nitrogen and oxygen atoms in total. The molecule has 1 aliphatic rings. The average molecular weight is 429 g/mol. The second kappa shape index (κ2) is 8.35. The maximum absolute atomic E-state index is 10.3. The van der Waals surface area contributed by atoms with Crippen LogP contribution in [0.1, 0.15) is 28.8 Å². The molecule has 0 atom stereocenters. The van der Waals surface area contributed by atoms with Gasteiger partial charge in [-0.25, -0.2) is 9.78 Å². The van der Waals surface area contributed by atoms with Gasteiger partial charge in [-0.1, -0.05) is 18.2 Å². The maximum Gasteiger partial charge on any atom is 0.337 e. The van der Waals surface area contributed by atoms with Crippen LogP contribution in [0.2, 0.25) is 0 Å². The summed E-state index contributed by atoms with van der Waals surface area (Å²) in [6.07, 6.45) is 6.28. The molecule has 0 saturated carbocycles. The van der Waals surface area contributed by atoms with Gasteiger partial charge < -0.3 is 15.7 Å². The van der Waals surface area contributed by atoms with Gasteiger partial charge in [0.25, 0.3) is 0 Å². The molecule has 1 aromatic carbocycles. The van der Waals surface area contributed by atoms with Crippen molar-refractivity contribution in [1.82, 2.24) is 9.97 Å². The number of hydrogen-bond acceptors (Lipinski definition) is 5. The Kier molecular flexibility index (Phi) is 5.91.